The second kappa shape index (κ2) is 6.30. The van der Waals surface area contributed by atoms with Gasteiger partial charge < -0.3 is 9.13 Å². The number of nitrogens with zero attached hydrogens (tertiary/aromatic N) is 5. The number of benzene rings is 2. The maximum Gasteiger partial charge on any atom is 0.114 e. The monoisotopic (exact) mass is 495 g/mol. The average Bonchev–Trinajstić information content (AvgIpc) is 3.15. The fourth-order valence-electron chi connectivity index (χ4n) is 3.03. The molecule has 0 saturated heterocycles. The summed E-state index contributed by atoms with van der Waals surface area (Å²) < 4.78 is 4.01. The van der Waals surface area contributed by atoms with Crippen molar-refractivity contribution in [2.75, 3.05) is 0 Å². The van der Waals surface area contributed by atoms with Crippen molar-refractivity contribution in [1.82, 2.24) is 24.3 Å². The molecule has 0 amide bonds. The van der Waals surface area contributed by atoms with Gasteiger partial charge in [0.2, 0.25) is 0 Å². The molecule has 0 bridgehead atoms. The van der Waals surface area contributed by atoms with Gasteiger partial charge in [0.25, 0.3) is 0 Å². The van der Waals surface area contributed by atoms with Gasteiger partial charge in [-0.25, -0.2) is 0 Å². The SMILES string of the molecule is Cc1cccc(C)c1-n1cnnc1-c1[c-]ccc2c1ncn2C.[Ir]. The van der Waals surface area contributed by atoms with Gasteiger partial charge in [-0.15, -0.1) is 23.3 Å². The number of para-hydroxylation sites is 1. The molecule has 0 spiro atoms. The van der Waals surface area contributed by atoms with Crippen LogP contribution in [0.1, 0.15) is 11.1 Å². The summed E-state index contributed by atoms with van der Waals surface area (Å²) in [6.07, 6.45) is 3.56. The second-order valence-electron chi connectivity index (χ2n) is 5.71. The third-order valence-corrected chi connectivity index (χ3v) is 4.14. The van der Waals surface area contributed by atoms with Gasteiger partial charge in [0.15, 0.2) is 0 Å². The molecule has 6 heteroatoms. The summed E-state index contributed by atoms with van der Waals surface area (Å²) in [5.74, 6) is 0.756. The van der Waals surface area contributed by atoms with E-state index >= 15 is 0 Å². The van der Waals surface area contributed by atoms with Crippen molar-refractivity contribution < 1.29 is 20.1 Å². The van der Waals surface area contributed by atoms with Crippen molar-refractivity contribution in [3.63, 3.8) is 0 Å². The molecule has 0 aliphatic heterocycles. The van der Waals surface area contributed by atoms with Gasteiger partial charge in [0.05, 0.1) is 12.2 Å². The molecule has 0 aliphatic rings. The summed E-state index contributed by atoms with van der Waals surface area (Å²) in [5, 5.41) is 8.47. The predicted molar refractivity (Wildman–Crippen MR) is 89.4 cm³/mol. The van der Waals surface area contributed by atoms with Crippen molar-refractivity contribution in [3.8, 4) is 17.1 Å². The fourth-order valence-corrected chi connectivity index (χ4v) is 3.03. The van der Waals surface area contributed by atoms with Crippen LogP contribution in [0.2, 0.25) is 0 Å². The molecule has 2 aromatic heterocycles. The minimum atomic E-state index is 0. The third kappa shape index (κ3) is 2.48. The predicted octanol–water partition coefficient (Wildman–Crippen LogP) is 3.24. The molecular weight excluding hydrogens is 478 g/mol. The van der Waals surface area contributed by atoms with Crippen molar-refractivity contribution >= 4 is 11.0 Å². The van der Waals surface area contributed by atoms with Crippen LogP contribution >= 0.6 is 0 Å². The molecule has 0 fully saturated rings. The van der Waals surface area contributed by atoms with E-state index in [1.165, 1.54) is 11.1 Å². The van der Waals surface area contributed by atoms with E-state index in [1.807, 2.05) is 34.6 Å². The molecule has 2 heterocycles. The molecule has 123 valence electrons. The van der Waals surface area contributed by atoms with Crippen molar-refractivity contribution in [3.05, 3.63) is 60.2 Å². The molecule has 5 nitrogen and oxygen atoms in total. The molecule has 1 radical (unpaired) electrons. The number of aryl methyl sites for hydroxylation is 3. The molecule has 0 atom stereocenters. The summed E-state index contributed by atoms with van der Waals surface area (Å²) >= 11 is 0. The number of fused-ring (bicyclic) bond motifs is 1. The second-order valence-corrected chi connectivity index (χ2v) is 5.71. The van der Waals surface area contributed by atoms with Crippen LogP contribution in [-0.2, 0) is 27.2 Å². The molecule has 0 aliphatic carbocycles. The smallest absolute Gasteiger partial charge is 0.114 e. The minimum Gasteiger partial charge on any atom is -0.352 e. The van der Waals surface area contributed by atoms with E-state index in [0.717, 1.165) is 28.1 Å². The first-order valence-electron chi connectivity index (χ1n) is 7.45. The number of rotatable bonds is 2. The van der Waals surface area contributed by atoms with Crippen molar-refractivity contribution in [2.45, 2.75) is 13.8 Å². The number of aromatic nitrogens is 5. The molecule has 0 N–H and O–H groups in total. The van der Waals surface area contributed by atoms with Crippen LogP contribution in [0.15, 0.2) is 43.0 Å². The van der Waals surface area contributed by atoms with Gasteiger partial charge in [-0.1, -0.05) is 23.8 Å². The van der Waals surface area contributed by atoms with Gasteiger partial charge in [0, 0.05) is 38.4 Å². The van der Waals surface area contributed by atoms with Crippen molar-refractivity contribution in [1.29, 1.82) is 0 Å². The van der Waals surface area contributed by atoms with Crippen LogP contribution in [0.3, 0.4) is 0 Å². The maximum absolute atomic E-state index is 4.50. The fraction of sp³-hybridized carbons (Fsp3) is 0.167. The van der Waals surface area contributed by atoms with Crippen LogP contribution in [0.25, 0.3) is 28.1 Å². The van der Waals surface area contributed by atoms with E-state index in [4.69, 9.17) is 0 Å². The van der Waals surface area contributed by atoms with Gasteiger partial charge >= 0.3 is 0 Å². The van der Waals surface area contributed by atoms with E-state index in [9.17, 15) is 0 Å². The third-order valence-electron chi connectivity index (χ3n) is 4.14. The molecule has 4 rings (SSSR count). The molecular formula is C18H16IrN5-. The first kappa shape index (κ1) is 16.6. The zero-order valence-corrected chi connectivity index (χ0v) is 16.0. The van der Waals surface area contributed by atoms with Gasteiger partial charge in [0.1, 0.15) is 6.33 Å². The van der Waals surface area contributed by atoms with E-state index in [1.54, 1.807) is 6.33 Å². The summed E-state index contributed by atoms with van der Waals surface area (Å²) in [6, 6.07) is 13.4. The Morgan fingerprint density at radius 1 is 1.04 bits per heavy atom. The molecule has 2 aromatic carbocycles. The van der Waals surface area contributed by atoms with Crippen LogP contribution in [-0.4, -0.2) is 24.3 Å². The number of hydrogen-bond acceptors (Lipinski definition) is 3. The summed E-state index contributed by atoms with van der Waals surface area (Å²) in [4.78, 5) is 4.50. The van der Waals surface area contributed by atoms with Gasteiger partial charge in [-0.3, -0.25) is 4.98 Å². The number of hydrogen-bond donors (Lipinski definition) is 0. The first-order valence-corrected chi connectivity index (χ1v) is 7.45. The minimum absolute atomic E-state index is 0. The van der Waals surface area contributed by atoms with Gasteiger partial charge in [-0.05, 0) is 30.5 Å². The topological polar surface area (TPSA) is 48.5 Å². The zero-order valence-electron chi connectivity index (χ0n) is 13.6. The Morgan fingerprint density at radius 3 is 2.54 bits per heavy atom. The van der Waals surface area contributed by atoms with Crippen molar-refractivity contribution in [2.24, 2.45) is 7.05 Å². The molecule has 4 aromatic rings. The summed E-state index contributed by atoms with van der Waals surface area (Å²) in [7, 11) is 1.98. The largest absolute Gasteiger partial charge is 0.352 e. The standard InChI is InChI=1S/C18H16N5.Ir/c1-12-6-4-7-13(2)17(12)23-11-20-21-18(23)14-8-5-9-15-16(14)19-10-22(15)3;/h4-7,9-11H,1-3H3;/q-1;. The van der Waals surface area contributed by atoms with E-state index < -0.39 is 0 Å². The number of imidazole rings is 1. The first-order chi connectivity index (χ1) is 11.2. The Hall–Kier alpha value is -2.30. The Balaban J connectivity index is 0.00000169. The van der Waals surface area contributed by atoms with Gasteiger partial charge in [-0.2, -0.15) is 5.10 Å². The van der Waals surface area contributed by atoms with Crippen LogP contribution < -0.4 is 0 Å². The zero-order chi connectivity index (χ0) is 16.0. The van der Waals surface area contributed by atoms with E-state index in [0.29, 0.717) is 0 Å². The quantitative estimate of drug-likeness (QED) is 0.402. The molecule has 0 saturated carbocycles. The average molecular weight is 495 g/mol. The normalized spacial score (nSPS) is 10.8. The summed E-state index contributed by atoms with van der Waals surface area (Å²) in [5.41, 5.74) is 6.26. The van der Waals surface area contributed by atoms with Crippen LogP contribution in [0.4, 0.5) is 0 Å². The Kier molecular flexibility index (Phi) is 4.35. The maximum atomic E-state index is 4.50. The van der Waals surface area contributed by atoms with E-state index in [2.05, 4.69) is 53.3 Å². The Morgan fingerprint density at radius 2 is 1.79 bits per heavy atom. The van der Waals surface area contributed by atoms with Crippen LogP contribution in [0, 0.1) is 19.9 Å². The molecule has 0 unspecified atom stereocenters. The Labute approximate surface area is 153 Å². The van der Waals surface area contributed by atoms with E-state index in [-0.39, 0.29) is 20.1 Å². The van der Waals surface area contributed by atoms with Crippen LogP contribution in [0.5, 0.6) is 0 Å². The summed E-state index contributed by atoms with van der Waals surface area (Å²) in [6.45, 7) is 4.19. The Bertz CT molecular complexity index is 995. The molecule has 24 heavy (non-hydrogen) atoms.